The third kappa shape index (κ3) is 1.29. The Morgan fingerprint density at radius 3 is 3.12 bits per heavy atom. The van der Waals surface area contributed by atoms with Crippen molar-refractivity contribution in [2.45, 2.75) is 12.3 Å². The number of nitriles is 1. The Morgan fingerprint density at radius 1 is 1.62 bits per heavy atom. The monoisotopic (exact) mass is 215 g/mol. The van der Waals surface area contributed by atoms with Crippen LogP contribution < -0.4 is 0 Å². The highest BCUT2D eigenvalue weighted by Gasteiger charge is 2.43. The van der Waals surface area contributed by atoms with Crippen molar-refractivity contribution in [2.24, 2.45) is 13.0 Å². The van der Waals surface area contributed by atoms with Crippen LogP contribution in [-0.4, -0.2) is 19.7 Å². The van der Waals surface area contributed by atoms with Crippen molar-refractivity contribution in [3.05, 3.63) is 18.3 Å². The molecule has 2 atom stereocenters. The van der Waals surface area contributed by atoms with Crippen LogP contribution in [0.4, 0.5) is 0 Å². The third-order valence-electron chi connectivity index (χ3n) is 2.74. The lowest BCUT2D eigenvalue weighted by molar-refractivity contribution is 0.377. The van der Waals surface area contributed by atoms with Crippen LogP contribution in [0.2, 0.25) is 0 Å². The topological polar surface area (TPSA) is 80.5 Å². The molecule has 1 aliphatic rings. The quantitative estimate of drug-likeness (QED) is 0.749. The van der Waals surface area contributed by atoms with E-state index in [4.69, 9.17) is 9.78 Å². The van der Waals surface area contributed by atoms with Gasteiger partial charge in [-0.1, -0.05) is 5.16 Å². The van der Waals surface area contributed by atoms with Crippen LogP contribution in [0.25, 0.3) is 11.6 Å². The second kappa shape index (κ2) is 3.17. The second-order valence-corrected chi connectivity index (χ2v) is 3.90. The molecule has 80 valence electrons. The Hall–Kier alpha value is -2.16. The van der Waals surface area contributed by atoms with Crippen LogP contribution in [0.1, 0.15) is 18.2 Å². The SMILES string of the molecule is Cn1ccnc1-c1noc(C2CC2C#N)n1. The minimum absolute atomic E-state index is 0.0367. The van der Waals surface area contributed by atoms with E-state index in [2.05, 4.69) is 21.2 Å². The van der Waals surface area contributed by atoms with Crippen molar-refractivity contribution in [3.8, 4) is 17.7 Å². The van der Waals surface area contributed by atoms with Gasteiger partial charge in [-0.3, -0.25) is 0 Å². The molecule has 0 aromatic carbocycles. The first-order valence-electron chi connectivity index (χ1n) is 5.00. The van der Waals surface area contributed by atoms with Crippen LogP contribution in [-0.2, 0) is 7.05 Å². The molecule has 1 saturated carbocycles. The van der Waals surface area contributed by atoms with Gasteiger partial charge in [0.2, 0.25) is 11.7 Å². The molecule has 2 aromatic rings. The maximum atomic E-state index is 8.72. The Balaban J connectivity index is 1.90. The highest BCUT2D eigenvalue weighted by Crippen LogP contribution is 2.46. The van der Waals surface area contributed by atoms with Gasteiger partial charge in [0.25, 0.3) is 0 Å². The van der Waals surface area contributed by atoms with Crippen LogP contribution in [0, 0.1) is 17.2 Å². The Kier molecular flexibility index (Phi) is 1.80. The fourth-order valence-electron chi connectivity index (χ4n) is 1.67. The normalized spacial score (nSPS) is 23.0. The van der Waals surface area contributed by atoms with Gasteiger partial charge in [0, 0.05) is 19.4 Å². The van der Waals surface area contributed by atoms with Gasteiger partial charge in [0.15, 0.2) is 5.82 Å². The third-order valence-corrected chi connectivity index (χ3v) is 2.74. The molecule has 16 heavy (non-hydrogen) atoms. The minimum Gasteiger partial charge on any atom is -0.339 e. The number of aryl methyl sites for hydroxylation is 1. The molecule has 6 nitrogen and oxygen atoms in total. The van der Waals surface area contributed by atoms with E-state index in [1.165, 1.54) is 0 Å². The summed E-state index contributed by atoms with van der Waals surface area (Å²) in [5.41, 5.74) is 0. The summed E-state index contributed by atoms with van der Waals surface area (Å²) in [4.78, 5) is 8.39. The zero-order chi connectivity index (χ0) is 11.1. The number of rotatable bonds is 2. The molecule has 2 heterocycles. The molecule has 2 unspecified atom stereocenters. The van der Waals surface area contributed by atoms with E-state index in [1.54, 1.807) is 6.20 Å². The van der Waals surface area contributed by atoms with E-state index >= 15 is 0 Å². The summed E-state index contributed by atoms with van der Waals surface area (Å²) in [5, 5.41) is 12.6. The molecule has 3 rings (SSSR count). The molecular formula is C10H9N5O. The van der Waals surface area contributed by atoms with Crippen molar-refractivity contribution in [2.75, 3.05) is 0 Å². The molecule has 1 fully saturated rings. The molecule has 1 aliphatic carbocycles. The van der Waals surface area contributed by atoms with Crippen LogP contribution in [0.15, 0.2) is 16.9 Å². The lowest BCUT2D eigenvalue weighted by atomic mass is 10.3. The second-order valence-electron chi connectivity index (χ2n) is 3.90. The minimum atomic E-state index is 0.0367. The molecule has 6 heteroatoms. The van der Waals surface area contributed by atoms with E-state index in [9.17, 15) is 0 Å². The van der Waals surface area contributed by atoms with E-state index in [-0.39, 0.29) is 11.8 Å². The summed E-state index contributed by atoms with van der Waals surface area (Å²) in [6.07, 6.45) is 4.32. The summed E-state index contributed by atoms with van der Waals surface area (Å²) in [6, 6.07) is 2.19. The zero-order valence-corrected chi connectivity index (χ0v) is 8.66. The first kappa shape index (κ1) is 9.09. The predicted octanol–water partition coefficient (Wildman–Crippen LogP) is 1.10. The molecule has 0 N–H and O–H groups in total. The van der Waals surface area contributed by atoms with Crippen LogP contribution in [0.5, 0.6) is 0 Å². The summed E-state index contributed by atoms with van der Waals surface area (Å²) >= 11 is 0. The molecule has 0 radical (unpaired) electrons. The summed E-state index contributed by atoms with van der Waals surface area (Å²) in [5.74, 6) is 1.85. The highest BCUT2D eigenvalue weighted by molar-refractivity contribution is 5.42. The maximum absolute atomic E-state index is 8.72. The molecule has 2 aromatic heterocycles. The van der Waals surface area contributed by atoms with Gasteiger partial charge in [-0.25, -0.2) is 4.98 Å². The number of imidazole rings is 1. The fourth-order valence-corrected chi connectivity index (χ4v) is 1.67. The molecule has 0 spiro atoms. The van der Waals surface area contributed by atoms with E-state index in [0.29, 0.717) is 17.5 Å². The summed E-state index contributed by atoms with van der Waals surface area (Å²) in [7, 11) is 1.87. The first-order valence-corrected chi connectivity index (χ1v) is 5.00. The van der Waals surface area contributed by atoms with Gasteiger partial charge in [0.1, 0.15) is 0 Å². The van der Waals surface area contributed by atoms with Crippen molar-refractivity contribution in [3.63, 3.8) is 0 Å². The molecule has 0 saturated heterocycles. The van der Waals surface area contributed by atoms with Gasteiger partial charge >= 0.3 is 0 Å². The van der Waals surface area contributed by atoms with Crippen LogP contribution in [0.3, 0.4) is 0 Å². The molecular weight excluding hydrogens is 206 g/mol. The van der Waals surface area contributed by atoms with Gasteiger partial charge in [-0.2, -0.15) is 10.2 Å². The summed E-state index contributed by atoms with van der Waals surface area (Å²) in [6.45, 7) is 0. The van der Waals surface area contributed by atoms with E-state index in [1.807, 2.05) is 17.8 Å². The standard InChI is InChI=1S/C10H9N5O/c1-15-3-2-12-9(15)8-13-10(16-14-8)7-4-6(7)5-11/h2-3,6-7H,4H2,1H3. The number of hydrogen-bond acceptors (Lipinski definition) is 5. The Bertz CT molecular complexity index is 564. The zero-order valence-electron chi connectivity index (χ0n) is 8.66. The van der Waals surface area contributed by atoms with Crippen LogP contribution >= 0.6 is 0 Å². The molecule has 0 amide bonds. The first-order chi connectivity index (χ1) is 7.79. The average Bonchev–Trinajstić information content (AvgIpc) is 2.70. The summed E-state index contributed by atoms with van der Waals surface area (Å²) < 4.78 is 6.96. The predicted molar refractivity (Wildman–Crippen MR) is 53.0 cm³/mol. The highest BCUT2D eigenvalue weighted by atomic mass is 16.5. The Labute approximate surface area is 91.5 Å². The smallest absolute Gasteiger partial charge is 0.238 e. The van der Waals surface area contributed by atoms with Crippen molar-refractivity contribution < 1.29 is 4.52 Å². The van der Waals surface area contributed by atoms with Crippen molar-refractivity contribution >= 4 is 0 Å². The van der Waals surface area contributed by atoms with Gasteiger partial charge in [-0.05, 0) is 6.42 Å². The van der Waals surface area contributed by atoms with E-state index < -0.39 is 0 Å². The average molecular weight is 215 g/mol. The van der Waals surface area contributed by atoms with Gasteiger partial charge in [-0.15, -0.1) is 0 Å². The van der Waals surface area contributed by atoms with Crippen molar-refractivity contribution in [1.29, 1.82) is 5.26 Å². The number of nitrogens with zero attached hydrogens (tertiary/aromatic N) is 5. The Morgan fingerprint density at radius 2 is 2.50 bits per heavy atom. The lowest BCUT2D eigenvalue weighted by Crippen LogP contribution is -1.93. The van der Waals surface area contributed by atoms with Gasteiger partial charge < -0.3 is 9.09 Å². The number of hydrogen-bond donors (Lipinski definition) is 0. The fraction of sp³-hybridized carbons (Fsp3) is 0.400. The van der Waals surface area contributed by atoms with E-state index in [0.717, 1.165) is 6.42 Å². The van der Waals surface area contributed by atoms with Gasteiger partial charge in [0.05, 0.1) is 17.9 Å². The molecule has 0 bridgehead atoms. The maximum Gasteiger partial charge on any atom is 0.238 e. The largest absolute Gasteiger partial charge is 0.339 e. The van der Waals surface area contributed by atoms with Crippen molar-refractivity contribution in [1.82, 2.24) is 19.7 Å². The number of aromatic nitrogens is 4. The lowest BCUT2D eigenvalue weighted by Gasteiger charge is -1.92. The molecule has 0 aliphatic heterocycles.